The molecule has 0 rings (SSSR count). The maximum absolute atomic E-state index is 10.8. The van der Waals surface area contributed by atoms with Crippen LogP contribution < -0.4 is 0 Å². The number of aliphatic hydroxyl groups is 1. The van der Waals surface area contributed by atoms with Crippen molar-refractivity contribution in [2.24, 2.45) is 5.18 Å². The Bertz CT molecular complexity index is 209. The molecule has 0 amide bonds. The molecule has 1 atom stereocenters. The first-order valence-electron chi connectivity index (χ1n) is 9.28. The van der Waals surface area contributed by atoms with E-state index < -0.39 is 0 Å². The third-order valence-corrected chi connectivity index (χ3v) is 4.24. The Kier molecular flexibility index (Phi) is 17.2. The summed E-state index contributed by atoms with van der Waals surface area (Å²) in [6.07, 6.45) is 18.0. The van der Waals surface area contributed by atoms with Crippen molar-refractivity contribution in [3.8, 4) is 0 Å². The van der Waals surface area contributed by atoms with Crippen molar-refractivity contribution in [3.05, 3.63) is 4.91 Å². The van der Waals surface area contributed by atoms with Gasteiger partial charge in [0.25, 0.3) is 0 Å². The predicted octanol–water partition coefficient (Wildman–Crippen LogP) is 5.99. The van der Waals surface area contributed by atoms with Crippen LogP contribution >= 0.6 is 0 Å². The number of hydrogen-bond donors (Lipinski definition) is 1. The molecule has 0 saturated heterocycles. The van der Waals surface area contributed by atoms with Crippen molar-refractivity contribution < 1.29 is 5.11 Å². The van der Waals surface area contributed by atoms with Crippen LogP contribution in [-0.4, -0.2) is 17.8 Å². The van der Waals surface area contributed by atoms with E-state index in [0.717, 1.165) is 32.1 Å². The van der Waals surface area contributed by atoms with E-state index in [2.05, 4.69) is 12.1 Å². The van der Waals surface area contributed by atoms with Crippen LogP contribution in [0.4, 0.5) is 0 Å². The molecular formula is C18H37NO2. The minimum Gasteiger partial charge on any atom is -0.396 e. The van der Waals surface area contributed by atoms with Crippen molar-refractivity contribution in [1.82, 2.24) is 0 Å². The standard InChI is InChI=1S/C18H37NO2/c1-2-3-4-12-15-18(19-21)16-13-10-8-6-5-7-9-11-14-17-20/h18,20H,2-17H2,1H3. The second kappa shape index (κ2) is 17.6. The molecule has 0 radical (unpaired) electrons. The normalized spacial score (nSPS) is 12.5. The first kappa shape index (κ1) is 20.6. The minimum absolute atomic E-state index is 0.0698. The van der Waals surface area contributed by atoms with Gasteiger partial charge in [-0.3, -0.25) is 0 Å². The van der Waals surface area contributed by atoms with E-state index in [1.54, 1.807) is 0 Å². The van der Waals surface area contributed by atoms with Crippen LogP contribution in [0.3, 0.4) is 0 Å². The summed E-state index contributed by atoms with van der Waals surface area (Å²) in [5, 5.41) is 12.0. The maximum atomic E-state index is 10.8. The summed E-state index contributed by atoms with van der Waals surface area (Å²) in [7, 11) is 0. The largest absolute Gasteiger partial charge is 0.396 e. The van der Waals surface area contributed by atoms with E-state index in [0.29, 0.717) is 6.61 Å². The second-order valence-corrected chi connectivity index (χ2v) is 6.30. The number of nitroso groups, excluding NO2 is 1. The van der Waals surface area contributed by atoms with Crippen molar-refractivity contribution in [1.29, 1.82) is 0 Å². The lowest BCUT2D eigenvalue weighted by atomic mass is 10.0. The van der Waals surface area contributed by atoms with Gasteiger partial charge in [-0.25, -0.2) is 0 Å². The van der Waals surface area contributed by atoms with E-state index in [-0.39, 0.29) is 6.04 Å². The molecule has 0 aromatic heterocycles. The molecule has 1 N–H and O–H groups in total. The highest BCUT2D eigenvalue weighted by atomic mass is 16.3. The van der Waals surface area contributed by atoms with Gasteiger partial charge in [0.1, 0.15) is 0 Å². The number of nitrogens with zero attached hydrogens (tertiary/aromatic N) is 1. The molecule has 0 aliphatic heterocycles. The second-order valence-electron chi connectivity index (χ2n) is 6.30. The smallest absolute Gasteiger partial charge is 0.0919 e. The van der Waals surface area contributed by atoms with Gasteiger partial charge in [0.05, 0.1) is 6.04 Å². The van der Waals surface area contributed by atoms with Crippen molar-refractivity contribution in [3.63, 3.8) is 0 Å². The summed E-state index contributed by atoms with van der Waals surface area (Å²) >= 11 is 0. The van der Waals surface area contributed by atoms with E-state index in [1.807, 2.05) is 0 Å². The molecule has 0 aromatic carbocycles. The Morgan fingerprint density at radius 3 is 1.57 bits per heavy atom. The average Bonchev–Trinajstić information content (AvgIpc) is 2.51. The molecule has 1 unspecified atom stereocenters. The maximum Gasteiger partial charge on any atom is 0.0919 e. The average molecular weight is 299 g/mol. The minimum atomic E-state index is 0.0698. The number of hydrogen-bond acceptors (Lipinski definition) is 3. The molecule has 21 heavy (non-hydrogen) atoms. The summed E-state index contributed by atoms with van der Waals surface area (Å²) in [6, 6.07) is 0.0698. The molecule has 0 aromatic rings. The zero-order valence-electron chi connectivity index (χ0n) is 14.2. The lowest BCUT2D eigenvalue weighted by molar-refractivity contribution is 0.282. The quantitative estimate of drug-likeness (QED) is 0.265. The molecule has 0 heterocycles. The van der Waals surface area contributed by atoms with Crippen LogP contribution in [-0.2, 0) is 0 Å². The SMILES string of the molecule is CCCCCCC(CCCCCCCCCCCO)N=O. The van der Waals surface area contributed by atoms with Gasteiger partial charge in [-0.1, -0.05) is 89.2 Å². The molecule has 0 fully saturated rings. The van der Waals surface area contributed by atoms with Gasteiger partial charge in [0, 0.05) is 6.61 Å². The van der Waals surface area contributed by atoms with Crippen molar-refractivity contribution in [2.45, 2.75) is 109 Å². The molecule has 0 spiro atoms. The summed E-state index contributed by atoms with van der Waals surface area (Å²) in [5.41, 5.74) is 0. The third-order valence-electron chi connectivity index (χ3n) is 4.24. The molecule has 0 aliphatic carbocycles. The Morgan fingerprint density at radius 2 is 1.14 bits per heavy atom. The Morgan fingerprint density at radius 1 is 0.714 bits per heavy atom. The van der Waals surface area contributed by atoms with Crippen LogP contribution in [0, 0.1) is 4.91 Å². The molecule has 3 nitrogen and oxygen atoms in total. The number of rotatable bonds is 17. The molecular weight excluding hydrogens is 262 g/mol. The Labute approximate surface area is 131 Å². The topological polar surface area (TPSA) is 49.7 Å². The van der Waals surface area contributed by atoms with E-state index in [4.69, 9.17) is 5.11 Å². The fourth-order valence-corrected chi connectivity index (χ4v) is 2.79. The van der Waals surface area contributed by atoms with Crippen LogP contribution in [0.5, 0.6) is 0 Å². The summed E-state index contributed by atoms with van der Waals surface area (Å²) in [6.45, 7) is 2.55. The van der Waals surface area contributed by atoms with E-state index in [9.17, 15) is 4.91 Å². The summed E-state index contributed by atoms with van der Waals surface area (Å²) in [4.78, 5) is 10.8. The van der Waals surface area contributed by atoms with Gasteiger partial charge in [-0.15, -0.1) is 0 Å². The highest BCUT2D eigenvalue weighted by molar-refractivity contribution is 4.65. The Hall–Kier alpha value is -0.440. The molecule has 3 heteroatoms. The first-order chi connectivity index (χ1) is 10.3. The van der Waals surface area contributed by atoms with Gasteiger partial charge in [-0.2, -0.15) is 4.91 Å². The predicted molar refractivity (Wildman–Crippen MR) is 91.6 cm³/mol. The van der Waals surface area contributed by atoms with Crippen LogP contribution in [0.25, 0.3) is 0 Å². The van der Waals surface area contributed by atoms with Gasteiger partial charge >= 0.3 is 0 Å². The van der Waals surface area contributed by atoms with Crippen LogP contribution in [0.1, 0.15) is 103 Å². The Balaban J connectivity index is 3.25. The molecule has 0 aliphatic rings. The van der Waals surface area contributed by atoms with Gasteiger partial charge in [0.15, 0.2) is 0 Å². The molecule has 126 valence electrons. The molecule has 0 bridgehead atoms. The fourth-order valence-electron chi connectivity index (χ4n) is 2.79. The lowest BCUT2D eigenvalue weighted by Gasteiger charge is -2.08. The summed E-state index contributed by atoms with van der Waals surface area (Å²) < 4.78 is 0. The van der Waals surface area contributed by atoms with E-state index >= 15 is 0 Å². The summed E-state index contributed by atoms with van der Waals surface area (Å²) in [5.74, 6) is 0. The fraction of sp³-hybridized carbons (Fsp3) is 1.00. The third kappa shape index (κ3) is 15.8. The van der Waals surface area contributed by atoms with Gasteiger partial charge < -0.3 is 5.11 Å². The zero-order valence-corrected chi connectivity index (χ0v) is 14.2. The monoisotopic (exact) mass is 299 g/mol. The molecule has 0 saturated carbocycles. The van der Waals surface area contributed by atoms with Crippen molar-refractivity contribution in [2.75, 3.05) is 6.61 Å². The van der Waals surface area contributed by atoms with E-state index in [1.165, 1.54) is 64.2 Å². The van der Waals surface area contributed by atoms with Crippen molar-refractivity contribution >= 4 is 0 Å². The zero-order chi connectivity index (χ0) is 15.6. The van der Waals surface area contributed by atoms with Crippen LogP contribution in [0.15, 0.2) is 5.18 Å². The first-order valence-corrected chi connectivity index (χ1v) is 9.28. The lowest BCUT2D eigenvalue weighted by Crippen LogP contribution is -2.03. The highest BCUT2D eigenvalue weighted by Crippen LogP contribution is 2.16. The van der Waals surface area contributed by atoms with Gasteiger partial charge in [-0.05, 0) is 19.3 Å². The highest BCUT2D eigenvalue weighted by Gasteiger charge is 2.07. The van der Waals surface area contributed by atoms with Crippen LogP contribution in [0.2, 0.25) is 0 Å². The number of aliphatic hydroxyl groups excluding tert-OH is 1. The van der Waals surface area contributed by atoms with Gasteiger partial charge in [0.2, 0.25) is 0 Å². The number of unbranched alkanes of at least 4 members (excludes halogenated alkanes) is 11.